The fourth-order valence-electron chi connectivity index (χ4n) is 2.48. The highest BCUT2D eigenvalue weighted by atomic mass is 15.1. The fourth-order valence-corrected chi connectivity index (χ4v) is 2.48. The van der Waals surface area contributed by atoms with E-state index in [9.17, 15) is 0 Å². The van der Waals surface area contributed by atoms with Crippen LogP contribution < -0.4 is 5.32 Å². The molecule has 94 valence electrons. The second-order valence-electron chi connectivity index (χ2n) is 5.13. The zero-order valence-electron chi connectivity index (χ0n) is 11.1. The minimum atomic E-state index is 0.619. The highest BCUT2D eigenvalue weighted by Gasteiger charge is 2.13. The van der Waals surface area contributed by atoms with Gasteiger partial charge in [-0.25, -0.2) is 0 Å². The van der Waals surface area contributed by atoms with E-state index < -0.39 is 0 Å². The zero-order chi connectivity index (χ0) is 12.1. The lowest BCUT2D eigenvalue weighted by Gasteiger charge is -2.22. The summed E-state index contributed by atoms with van der Waals surface area (Å²) in [7, 11) is 2.04. The molecule has 1 aliphatic heterocycles. The maximum atomic E-state index is 3.31. The molecule has 0 radical (unpaired) electrons. The van der Waals surface area contributed by atoms with Crippen molar-refractivity contribution in [1.29, 1.82) is 0 Å². The first kappa shape index (κ1) is 12.6. The third kappa shape index (κ3) is 3.55. The number of rotatable bonds is 4. The number of aryl methyl sites for hydroxylation is 1. The molecule has 0 saturated carbocycles. The smallest absolute Gasteiger partial charge is 0.0236 e. The van der Waals surface area contributed by atoms with Crippen LogP contribution in [0.3, 0.4) is 0 Å². The molecular weight excluding hydrogens is 208 g/mol. The lowest BCUT2D eigenvalue weighted by Crippen LogP contribution is -2.30. The first-order valence-electron chi connectivity index (χ1n) is 6.76. The van der Waals surface area contributed by atoms with E-state index in [4.69, 9.17) is 0 Å². The van der Waals surface area contributed by atoms with Crippen molar-refractivity contribution in [3.05, 3.63) is 35.4 Å². The largest absolute Gasteiger partial charge is 0.317 e. The number of nitrogens with one attached hydrogen (secondary N) is 1. The van der Waals surface area contributed by atoms with Gasteiger partial charge in [-0.3, -0.25) is 4.90 Å². The van der Waals surface area contributed by atoms with Gasteiger partial charge in [0.05, 0.1) is 0 Å². The minimum Gasteiger partial charge on any atom is -0.317 e. The average Bonchev–Trinajstić information content (AvgIpc) is 2.57. The van der Waals surface area contributed by atoms with Crippen LogP contribution >= 0.6 is 0 Å². The van der Waals surface area contributed by atoms with Crippen molar-refractivity contribution in [2.45, 2.75) is 38.8 Å². The summed E-state index contributed by atoms with van der Waals surface area (Å²) in [6, 6.07) is 9.52. The van der Waals surface area contributed by atoms with Gasteiger partial charge in [0, 0.05) is 12.6 Å². The van der Waals surface area contributed by atoms with Gasteiger partial charge in [-0.15, -0.1) is 0 Å². The van der Waals surface area contributed by atoms with Crippen LogP contribution in [-0.2, 0) is 13.0 Å². The third-order valence-corrected chi connectivity index (χ3v) is 3.80. The lowest BCUT2D eigenvalue weighted by atomic mass is 10.0. The SMILES string of the molecule is CNC(C)CCN1CCCc2ccccc2C1. The van der Waals surface area contributed by atoms with Crippen LogP contribution in [0.4, 0.5) is 0 Å². The van der Waals surface area contributed by atoms with Crippen molar-refractivity contribution in [3.63, 3.8) is 0 Å². The summed E-state index contributed by atoms with van der Waals surface area (Å²) in [6.07, 6.45) is 3.78. The predicted octanol–water partition coefficient (Wildman–Crippen LogP) is 2.43. The predicted molar refractivity (Wildman–Crippen MR) is 73.2 cm³/mol. The van der Waals surface area contributed by atoms with E-state index in [0.29, 0.717) is 6.04 Å². The summed E-state index contributed by atoms with van der Waals surface area (Å²) in [5, 5.41) is 3.31. The first-order valence-corrected chi connectivity index (χ1v) is 6.76. The van der Waals surface area contributed by atoms with Crippen LogP contribution in [0.5, 0.6) is 0 Å². The van der Waals surface area contributed by atoms with Gasteiger partial charge in [0.1, 0.15) is 0 Å². The van der Waals surface area contributed by atoms with Crippen LogP contribution in [0.15, 0.2) is 24.3 Å². The molecule has 0 spiro atoms. The Morgan fingerprint density at radius 2 is 2.06 bits per heavy atom. The molecule has 1 atom stereocenters. The van der Waals surface area contributed by atoms with Gasteiger partial charge in [0.15, 0.2) is 0 Å². The van der Waals surface area contributed by atoms with Crippen LogP contribution in [0, 0.1) is 0 Å². The van der Waals surface area contributed by atoms with Crippen LogP contribution in [0.25, 0.3) is 0 Å². The van der Waals surface area contributed by atoms with Crippen molar-refractivity contribution < 1.29 is 0 Å². The highest BCUT2D eigenvalue weighted by molar-refractivity contribution is 5.27. The van der Waals surface area contributed by atoms with E-state index in [1.807, 2.05) is 7.05 Å². The lowest BCUT2D eigenvalue weighted by molar-refractivity contribution is 0.256. The summed E-state index contributed by atoms with van der Waals surface area (Å²) >= 11 is 0. The fraction of sp³-hybridized carbons (Fsp3) is 0.600. The van der Waals surface area contributed by atoms with Gasteiger partial charge >= 0.3 is 0 Å². The Labute approximate surface area is 105 Å². The molecule has 1 aromatic rings. The van der Waals surface area contributed by atoms with E-state index in [1.54, 1.807) is 5.56 Å². The van der Waals surface area contributed by atoms with Crippen LogP contribution in [-0.4, -0.2) is 31.1 Å². The molecule has 0 aliphatic carbocycles. The molecule has 0 amide bonds. The van der Waals surface area contributed by atoms with Gasteiger partial charge in [0.25, 0.3) is 0 Å². The molecule has 1 unspecified atom stereocenters. The molecule has 1 N–H and O–H groups in total. The molecule has 0 bridgehead atoms. The average molecular weight is 232 g/mol. The highest BCUT2D eigenvalue weighted by Crippen LogP contribution is 2.18. The van der Waals surface area contributed by atoms with Gasteiger partial charge in [-0.05, 0) is 57.5 Å². The summed E-state index contributed by atoms with van der Waals surface area (Å²) < 4.78 is 0. The topological polar surface area (TPSA) is 15.3 Å². The third-order valence-electron chi connectivity index (χ3n) is 3.80. The molecule has 0 aromatic heterocycles. The number of nitrogens with zero attached hydrogens (tertiary/aromatic N) is 1. The van der Waals surface area contributed by atoms with E-state index in [1.165, 1.54) is 37.9 Å². The van der Waals surface area contributed by atoms with E-state index in [0.717, 1.165) is 6.54 Å². The Morgan fingerprint density at radius 3 is 2.82 bits per heavy atom. The molecule has 1 aliphatic rings. The quantitative estimate of drug-likeness (QED) is 0.857. The Morgan fingerprint density at radius 1 is 1.29 bits per heavy atom. The molecule has 2 rings (SSSR count). The Kier molecular flexibility index (Phi) is 4.57. The molecule has 17 heavy (non-hydrogen) atoms. The molecule has 1 aromatic carbocycles. The first-order chi connectivity index (χ1) is 8.29. The van der Waals surface area contributed by atoms with Crippen LogP contribution in [0.2, 0.25) is 0 Å². The van der Waals surface area contributed by atoms with Crippen molar-refractivity contribution in [1.82, 2.24) is 10.2 Å². The van der Waals surface area contributed by atoms with Gasteiger partial charge in [-0.2, -0.15) is 0 Å². The monoisotopic (exact) mass is 232 g/mol. The number of fused-ring (bicyclic) bond motifs is 1. The molecular formula is C15H24N2. The Bertz CT molecular complexity index is 349. The van der Waals surface area contributed by atoms with Crippen molar-refractivity contribution >= 4 is 0 Å². The summed E-state index contributed by atoms with van der Waals surface area (Å²) in [5.74, 6) is 0. The van der Waals surface area contributed by atoms with Crippen molar-refractivity contribution in [2.24, 2.45) is 0 Å². The van der Waals surface area contributed by atoms with E-state index in [2.05, 4.69) is 41.4 Å². The minimum absolute atomic E-state index is 0.619. The Balaban J connectivity index is 1.94. The van der Waals surface area contributed by atoms with Gasteiger partial charge < -0.3 is 5.32 Å². The summed E-state index contributed by atoms with van der Waals surface area (Å²) in [4.78, 5) is 2.60. The van der Waals surface area contributed by atoms with Crippen molar-refractivity contribution in [2.75, 3.05) is 20.1 Å². The maximum Gasteiger partial charge on any atom is 0.0236 e. The van der Waals surface area contributed by atoms with Crippen LogP contribution in [0.1, 0.15) is 30.9 Å². The molecule has 2 heteroatoms. The zero-order valence-corrected chi connectivity index (χ0v) is 11.1. The van der Waals surface area contributed by atoms with E-state index >= 15 is 0 Å². The normalized spacial score (nSPS) is 18.5. The molecule has 1 heterocycles. The molecule has 2 nitrogen and oxygen atoms in total. The number of hydrogen-bond acceptors (Lipinski definition) is 2. The number of benzene rings is 1. The van der Waals surface area contributed by atoms with Crippen molar-refractivity contribution in [3.8, 4) is 0 Å². The standard InChI is InChI=1S/C15H24N2/c1-13(16-2)9-11-17-10-5-8-14-6-3-4-7-15(14)12-17/h3-4,6-7,13,16H,5,8-12H2,1-2H3. The number of hydrogen-bond donors (Lipinski definition) is 1. The maximum absolute atomic E-state index is 3.31. The van der Waals surface area contributed by atoms with Gasteiger partial charge in [-0.1, -0.05) is 24.3 Å². The second kappa shape index (κ2) is 6.18. The molecule has 0 saturated heterocycles. The summed E-state index contributed by atoms with van der Waals surface area (Å²) in [5.41, 5.74) is 3.08. The second-order valence-corrected chi connectivity index (χ2v) is 5.13. The summed E-state index contributed by atoms with van der Waals surface area (Å²) in [6.45, 7) is 5.83. The van der Waals surface area contributed by atoms with E-state index in [-0.39, 0.29) is 0 Å². The molecule has 0 fully saturated rings. The van der Waals surface area contributed by atoms with Gasteiger partial charge in [0.2, 0.25) is 0 Å². The Hall–Kier alpha value is -0.860.